The van der Waals surface area contributed by atoms with Gasteiger partial charge in [-0.25, -0.2) is 0 Å². The van der Waals surface area contributed by atoms with Crippen molar-refractivity contribution in [2.45, 2.75) is 13.1 Å². The number of rotatable bonds is 6. The van der Waals surface area contributed by atoms with Gasteiger partial charge in [-0.2, -0.15) is 5.10 Å². The summed E-state index contributed by atoms with van der Waals surface area (Å²) in [5.41, 5.74) is 3.63. The van der Waals surface area contributed by atoms with Crippen molar-refractivity contribution in [3.8, 4) is 0 Å². The first-order valence-corrected chi connectivity index (χ1v) is 7.82. The van der Waals surface area contributed by atoms with E-state index in [0.29, 0.717) is 0 Å². The molecule has 3 rings (SSSR count). The van der Waals surface area contributed by atoms with Gasteiger partial charge in [0.25, 0.3) is 0 Å². The van der Waals surface area contributed by atoms with Gasteiger partial charge >= 0.3 is 0 Å². The molecule has 0 aliphatic carbocycles. The molecule has 114 valence electrons. The Morgan fingerprint density at radius 2 is 1.04 bits per heavy atom. The standard InChI is InChI=1S/C21H20N2/c1-4-10-19(11-5-1)16-22-23(17-20-12-6-2-7-13-20)18-21-14-8-3-9-15-21/h1-16H,17-18H2/b22-16-. The molecule has 2 heteroatoms. The lowest BCUT2D eigenvalue weighted by Gasteiger charge is -2.19. The quantitative estimate of drug-likeness (QED) is 0.475. The van der Waals surface area contributed by atoms with Crippen molar-refractivity contribution < 1.29 is 0 Å². The number of hydrogen-bond acceptors (Lipinski definition) is 2. The van der Waals surface area contributed by atoms with E-state index in [9.17, 15) is 0 Å². The van der Waals surface area contributed by atoms with Crippen LogP contribution in [0.1, 0.15) is 16.7 Å². The fraction of sp³-hybridized carbons (Fsp3) is 0.0952. The number of benzene rings is 3. The van der Waals surface area contributed by atoms with Gasteiger partial charge in [-0.05, 0) is 16.7 Å². The molecule has 0 atom stereocenters. The van der Waals surface area contributed by atoms with E-state index in [1.807, 2.05) is 36.5 Å². The molecule has 0 saturated carbocycles. The first-order chi connectivity index (χ1) is 11.4. The Hall–Kier alpha value is -2.87. The van der Waals surface area contributed by atoms with E-state index in [0.717, 1.165) is 18.7 Å². The molecular formula is C21H20N2. The molecule has 0 saturated heterocycles. The third-order valence-electron chi connectivity index (χ3n) is 3.59. The molecular weight excluding hydrogens is 280 g/mol. The highest BCUT2D eigenvalue weighted by molar-refractivity contribution is 5.79. The van der Waals surface area contributed by atoms with Crippen molar-refractivity contribution in [2.75, 3.05) is 0 Å². The third-order valence-corrected chi connectivity index (χ3v) is 3.59. The van der Waals surface area contributed by atoms with Gasteiger partial charge in [0.2, 0.25) is 0 Å². The van der Waals surface area contributed by atoms with Crippen molar-refractivity contribution >= 4 is 6.21 Å². The summed E-state index contributed by atoms with van der Waals surface area (Å²) in [5, 5.41) is 6.79. The van der Waals surface area contributed by atoms with Gasteiger partial charge < -0.3 is 0 Å². The van der Waals surface area contributed by atoms with Crippen LogP contribution in [0.2, 0.25) is 0 Å². The lowest BCUT2D eigenvalue weighted by Crippen LogP contribution is -2.17. The summed E-state index contributed by atoms with van der Waals surface area (Å²) in [6.07, 6.45) is 1.92. The third kappa shape index (κ3) is 4.82. The second kappa shape index (κ2) is 7.95. The SMILES string of the molecule is C(=N/N(Cc1ccccc1)Cc1ccccc1)/c1ccccc1. The van der Waals surface area contributed by atoms with Crippen LogP contribution in [-0.4, -0.2) is 11.2 Å². The summed E-state index contributed by atoms with van der Waals surface area (Å²) >= 11 is 0. The highest BCUT2D eigenvalue weighted by Crippen LogP contribution is 2.10. The van der Waals surface area contributed by atoms with E-state index in [1.54, 1.807) is 0 Å². The second-order valence-electron chi connectivity index (χ2n) is 5.45. The molecule has 3 aromatic carbocycles. The predicted octanol–water partition coefficient (Wildman–Crippen LogP) is 4.72. The van der Waals surface area contributed by atoms with Gasteiger partial charge in [-0.1, -0.05) is 91.0 Å². The van der Waals surface area contributed by atoms with Crippen LogP contribution in [-0.2, 0) is 13.1 Å². The fourth-order valence-electron chi connectivity index (χ4n) is 2.41. The van der Waals surface area contributed by atoms with Crippen LogP contribution in [0.15, 0.2) is 96.1 Å². The van der Waals surface area contributed by atoms with E-state index < -0.39 is 0 Å². The topological polar surface area (TPSA) is 15.6 Å². The minimum atomic E-state index is 0.791. The number of hydrogen-bond donors (Lipinski definition) is 0. The minimum Gasteiger partial charge on any atom is -0.288 e. The maximum absolute atomic E-state index is 4.69. The smallest absolute Gasteiger partial charge is 0.0614 e. The Balaban J connectivity index is 1.76. The first-order valence-electron chi connectivity index (χ1n) is 7.82. The lowest BCUT2D eigenvalue weighted by atomic mass is 10.2. The molecule has 0 fully saturated rings. The Morgan fingerprint density at radius 3 is 1.52 bits per heavy atom. The van der Waals surface area contributed by atoms with Crippen LogP contribution in [0, 0.1) is 0 Å². The summed E-state index contributed by atoms with van der Waals surface area (Å²) < 4.78 is 0. The van der Waals surface area contributed by atoms with Crippen molar-refractivity contribution in [2.24, 2.45) is 5.10 Å². The first kappa shape index (κ1) is 15.0. The van der Waals surface area contributed by atoms with Crippen molar-refractivity contribution in [3.05, 3.63) is 108 Å². The molecule has 0 spiro atoms. The summed E-state index contributed by atoms with van der Waals surface area (Å²) in [7, 11) is 0. The molecule has 3 aromatic rings. The average molecular weight is 300 g/mol. The van der Waals surface area contributed by atoms with Gasteiger partial charge in [0.1, 0.15) is 0 Å². The zero-order valence-electron chi connectivity index (χ0n) is 13.0. The molecule has 2 nitrogen and oxygen atoms in total. The van der Waals surface area contributed by atoms with Gasteiger partial charge in [0.15, 0.2) is 0 Å². The van der Waals surface area contributed by atoms with Crippen molar-refractivity contribution in [1.29, 1.82) is 0 Å². The Morgan fingerprint density at radius 1 is 0.609 bits per heavy atom. The zero-order valence-corrected chi connectivity index (χ0v) is 13.0. The van der Waals surface area contributed by atoms with Crippen LogP contribution in [0.4, 0.5) is 0 Å². The molecule has 0 amide bonds. The van der Waals surface area contributed by atoms with Gasteiger partial charge in [0, 0.05) is 0 Å². The van der Waals surface area contributed by atoms with Crippen LogP contribution in [0.25, 0.3) is 0 Å². The van der Waals surface area contributed by atoms with Gasteiger partial charge in [-0.3, -0.25) is 5.01 Å². The predicted molar refractivity (Wildman–Crippen MR) is 96.2 cm³/mol. The van der Waals surface area contributed by atoms with E-state index in [4.69, 9.17) is 5.10 Å². The van der Waals surface area contributed by atoms with E-state index >= 15 is 0 Å². The lowest BCUT2D eigenvalue weighted by molar-refractivity contribution is 0.272. The Labute approximate surface area is 137 Å². The molecule has 0 aliphatic heterocycles. The zero-order chi connectivity index (χ0) is 15.7. The van der Waals surface area contributed by atoms with E-state index in [-0.39, 0.29) is 0 Å². The highest BCUT2D eigenvalue weighted by atomic mass is 15.4. The highest BCUT2D eigenvalue weighted by Gasteiger charge is 2.03. The molecule has 0 radical (unpaired) electrons. The van der Waals surface area contributed by atoms with Crippen LogP contribution in [0.3, 0.4) is 0 Å². The number of hydrazone groups is 1. The van der Waals surface area contributed by atoms with Crippen LogP contribution in [0.5, 0.6) is 0 Å². The second-order valence-corrected chi connectivity index (χ2v) is 5.45. The monoisotopic (exact) mass is 300 g/mol. The molecule has 0 bridgehead atoms. The van der Waals surface area contributed by atoms with Gasteiger partial charge in [-0.15, -0.1) is 0 Å². The average Bonchev–Trinajstić information content (AvgIpc) is 2.62. The molecule has 23 heavy (non-hydrogen) atoms. The Bertz CT molecular complexity index is 680. The van der Waals surface area contributed by atoms with E-state index in [2.05, 4.69) is 65.7 Å². The van der Waals surface area contributed by atoms with Crippen LogP contribution < -0.4 is 0 Å². The minimum absolute atomic E-state index is 0.791. The molecule has 0 N–H and O–H groups in total. The fourth-order valence-corrected chi connectivity index (χ4v) is 2.41. The summed E-state index contributed by atoms with van der Waals surface area (Å²) in [6, 6.07) is 31.1. The number of nitrogens with zero attached hydrogens (tertiary/aromatic N) is 2. The molecule has 0 heterocycles. The van der Waals surface area contributed by atoms with E-state index in [1.165, 1.54) is 11.1 Å². The maximum atomic E-state index is 4.69. The maximum Gasteiger partial charge on any atom is 0.0614 e. The van der Waals surface area contributed by atoms with Crippen LogP contribution >= 0.6 is 0 Å². The summed E-state index contributed by atoms with van der Waals surface area (Å²) in [4.78, 5) is 0. The van der Waals surface area contributed by atoms with Crippen molar-refractivity contribution in [3.63, 3.8) is 0 Å². The Kier molecular flexibility index (Phi) is 5.20. The molecule has 0 aliphatic rings. The molecule has 0 aromatic heterocycles. The largest absolute Gasteiger partial charge is 0.288 e. The summed E-state index contributed by atoms with van der Waals surface area (Å²) in [6.45, 7) is 1.58. The van der Waals surface area contributed by atoms with Crippen molar-refractivity contribution in [1.82, 2.24) is 5.01 Å². The molecule has 0 unspecified atom stereocenters. The normalized spacial score (nSPS) is 10.8. The van der Waals surface area contributed by atoms with Gasteiger partial charge in [0.05, 0.1) is 19.3 Å². The summed E-state index contributed by atoms with van der Waals surface area (Å²) in [5.74, 6) is 0.